The minimum atomic E-state index is -4.70. The molecule has 1 amide bonds. The maximum Gasteiger partial charge on any atom is 0.420 e. The van der Waals surface area contributed by atoms with Crippen molar-refractivity contribution in [3.05, 3.63) is 52.6 Å². The lowest BCUT2D eigenvalue weighted by Gasteiger charge is -2.16. The van der Waals surface area contributed by atoms with Crippen LogP contribution in [0.3, 0.4) is 0 Å². The largest absolute Gasteiger partial charge is 0.420 e. The number of nitrogens with zero attached hydrogens (tertiary/aromatic N) is 2. The zero-order valence-electron chi connectivity index (χ0n) is 16.1. The molecule has 1 aromatic carbocycles. The first-order valence-corrected chi connectivity index (χ1v) is 9.10. The van der Waals surface area contributed by atoms with Crippen LogP contribution in [0.5, 0.6) is 0 Å². The minimum Gasteiger partial charge on any atom is -0.386 e. The van der Waals surface area contributed by atoms with E-state index in [1.807, 2.05) is 0 Å². The lowest BCUT2D eigenvalue weighted by molar-refractivity contribution is -0.220. The van der Waals surface area contributed by atoms with Gasteiger partial charge in [-0.1, -0.05) is 0 Å². The molecule has 0 spiro atoms. The van der Waals surface area contributed by atoms with Crippen molar-refractivity contribution in [2.75, 3.05) is 12.4 Å². The summed E-state index contributed by atoms with van der Waals surface area (Å²) in [5, 5.41) is 4.90. The van der Waals surface area contributed by atoms with E-state index >= 15 is 0 Å². The Morgan fingerprint density at radius 3 is 2.74 bits per heavy atom. The molecule has 1 aromatic heterocycles. The van der Waals surface area contributed by atoms with Gasteiger partial charge in [0.1, 0.15) is 17.9 Å². The van der Waals surface area contributed by atoms with E-state index in [2.05, 4.69) is 25.3 Å². The van der Waals surface area contributed by atoms with Crippen LogP contribution < -0.4 is 10.6 Å². The number of nitrogens with one attached hydrogen (secondary N) is 2. The summed E-state index contributed by atoms with van der Waals surface area (Å²) in [7, 11) is 1.45. The number of hydrogen-bond donors (Lipinski definition) is 2. The number of halogens is 5. The van der Waals surface area contributed by atoms with E-state index in [1.165, 1.54) is 7.05 Å². The van der Waals surface area contributed by atoms with E-state index in [1.54, 1.807) is 0 Å². The monoisotopic (exact) mass is 444 g/mol. The number of amides is 1. The summed E-state index contributed by atoms with van der Waals surface area (Å²) in [6, 6.07) is 0.715. The normalized spacial score (nSPS) is 16.5. The fraction of sp³-hybridized carbons (Fsp3) is 0.368. The second-order valence-electron chi connectivity index (χ2n) is 6.76. The van der Waals surface area contributed by atoms with Gasteiger partial charge in [-0.3, -0.25) is 4.79 Å². The molecule has 1 aliphatic rings. The second kappa shape index (κ2) is 8.92. The number of carbonyl (C=O) groups is 2. The Bertz CT molecular complexity index is 999. The average molecular weight is 444 g/mol. The molecule has 0 aliphatic carbocycles. The molecule has 0 fully saturated rings. The summed E-state index contributed by atoms with van der Waals surface area (Å²) in [5.74, 6) is -3.13. The standard InChI is InChI=1S/C19H17F5N4O3/c1-25-14-9(4-11(20)5-13(14)21)2-3-12(7-29)27-18(30)17-26-6-10-8-31-16(15(10)28-17)19(22,23)24/h4-7,12,16,25H,2-3,8H2,1H3,(H,27,30)/t12-,16?/m0/s1. The summed E-state index contributed by atoms with van der Waals surface area (Å²) in [6.07, 6.45) is -5.49. The van der Waals surface area contributed by atoms with Gasteiger partial charge in [0.15, 0.2) is 6.10 Å². The topological polar surface area (TPSA) is 93.2 Å². The fourth-order valence-electron chi connectivity index (χ4n) is 3.19. The van der Waals surface area contributed by atoms with Gasteiger partial charge in [-0.2, -0.15) is 13.2 Å². The van der Waals surface area contributed by atoms with E-state index in [9.17, 15) is 31.5 Å². The van der Waals surface area contributed by atoms with Crippen LogP contribution in [0, 0.1) is 11.6 Å². The molecule has 12 heteroatoms. The van der Waals surface area contributed by atoms with E-state index in [0.717, 1.165) is 12.3 Å². The number of aldehydes is 1. The molecule has 1 aliphatic heterocycles. The number of anilines is 1. The number of benzene rings is 1. The molecule has 31 heavy (non-hydrogen) atoms. The van der Waals surface area contributed by atoms with Crippen molar-refractivity contribution in [1.82, 2.24) is 15.3 Å². The molecule has 2 aromatic rings. The Morgan fingerprint density at radius 1 is 1.35 bits per heavy atom. The Hall–Kier alpha value is -3.15. The highest BCUT2D eigenvalue weighted by molar-refractivity contribution is 5.92. The number of carbonyl (C=O) groups excluding carboxylic acids is 2. The van der Waals surface area contributed by atoms with Gasteiger partial charge in [-0.15, -0.1) is 0 Å². The fourth-order valence-corrected chi connectivity index (χ4v) is 3.19. The maximum absolute atomic E-state index is 13.8. The van der Waals surface area contributed by atoms with E-state index in [0.29, 0.717) is 12.4 Å². The Balaban J connectivity index is 1.71. The van der Waals surface area contributed by atoms with Crippen molar-refractivity contribution in [1.29, 1.82) is 0 Å². The number of ether oxygens (including phenoxy) is 1. The molecule has 1 unspecified atom stereocenters. The molecule has 0 radical (unpaired) electrons. The van der Waals surface area contributed by atoms with Crippen LogP contribution in [0.1, 0.15) is 40.0 Å². The highest BCUT2D eigenvalue weighted by atomic mass is 19.4. The first-order valence-electron chi connectivity index (χ1n) is 9.10. The van der Waals surface area contributed by atoms with Gasteiger partial charge in [-0.05, 0) is 24.5 Å². The molecule has 2 heterocycles. The van der Waals surface area contributed by atoms with E-state index < -0.39 is 47.4 Å². The van der Waals surface area contributed by atoms with Crippen LogP contribution in [-0.2, 0) is 22.6 Å². The molecule has 3 rings (SSSR count). The van der Waals surface area contributed by atoms with E-state index in [4.69, 9.17) is 0 Å². The lowest BCUT2D eigenvalue weighted by Crippen LogP contribution is -2.37. The molecule has 0 saturated carbocycles. The number of aromatic nitrogens is 2. The quantitative estimate of drug-likeness (QED) is 0.504. The molecule has 0 saturated heterocycles. The van der Waals surface area contributed by atoms with Crippen molar-refractivity contribution >= 4 is 17.9 Å². The SMILES string of the molecule is CNc1c(F)cc(F)cc1CC[C@@H](C=O)NC(=O)c1ncc2c(n1)C(C(F)(F)F)OC2. The van der Waals surface area contributed by atoms with Gasteiger partial charge < -0.3 is 20.2 Å². The number of rotatable bonds is 7. The third-order valence-electron chi connectivity index (χ3n) is 4.64. The molecule has 166 valence electrons. The number of fused-ring (bicyclic) bond motifs is 1. The highest BCUT2D eigenvalue weighted by Crippen LogP contribution is 2.41. The van der Waals surface area contributed by atoms with Gasteiger partial charge in [0.2, 0.25) is 5.82 Å². The summed E-state index contributed by atoms with van der Waals surface area (Å²) < 4.78 is 71.1. The third kappa shape index (κ3) is 4.95. The van der Waals surface area contributed by atoms with Crippen molar-refractivity contribution in [2.45, 2.75) is 37.8 Å². The van der Waals surface area contributed by atoms with Crippen LogP contribution in [-0.4, -0.2) is 41.4 Å². The molecule has 0 bridgehead atoms. The van der Waals surface area contributed by atoms with Crippen molar-refractivity contribution in [2.24, 2.45) is 0 Å². The van der Waals surface area contributed by atoms with Crippen LogP contribution in [0.15, 0.2) is 18.3 Å². The smallest absolute Gasteiger partial charge is 0.386 e. The zero-order valence-corrected chi connectivity index (χ0v) is 16.1. The molecular weight excluding hydrogens is 427 g/mol. The average Bonchev–Trinajstić information content (AvgIpc) is 3.14. The van der Waals surface area contributed by atoms with Gasteiger partial charge in [0.25, 0.3) is 5.91 Å². The summed E-state index contributed by atoms with van der Waals surface area (Å²) in [4.78, 5) is 31.1. The van der Waals surface area contributed by atoms with Gasteiger partial charge in [0.05, 0.1) is 24.0 Å². The summed E-state index contributed by atoms with van der Waals surface area (Å²) in [6.45, 7) is -0.337. The zero-order chi connectivity index (χ0) is 22.8. The highest BCUT2D eigenvalue weighted by Gasteiger charge is 2.47. The molecular formula is C19H17F5N4O3. The number of hydrogen-bond acceptors (Lipinski definition) is 6. The van der Waals surface area contributed by atoms with Crippen LogP contribution >= 0.6 is 0 Å². The van der Waals surface area contributed by atoms with Crippen LogP contribution in [0.2, 0.25) is 0 Å². The first kappa shape index (κ1) is 22.5. The predicted octanol–water partition coefficient (Wildman–Crippen LogP) is 2.86. The third-order valence-corrected chi connectivity index (χ3v) is 4.64. The molecule has 7 nitrogen and oxygen atoms in total. The second-order valence-corrected chi connectivity index (χ2v) is 6.76. The summed E-state index contributed by atoms with van der Waals surface area (Å²) in [5.41, 5.74) is -0.0414. The Kier molecular flexibility index (Phi) is 6.48. The first-order chi connectivity index (χ1) is 14.6. The van der Waals surface area contributed by atoms with Crippen molar-refractivity contribution in [3.8, 4) is 0 Å². The molecule has 2 N–H and O–H groups in total. The molecule has 2 atom stereocenters. The van der Waals surface area contributed by atoms with Crippen molar-refractivity contribution < 1.29 is 36.3 Å². The number of aryl methyl sites for hydroxylation is 1. The van der Waals surface area contributed by atoms with Gasteiger partial charge >= 0.3 is 6.18 Å². The van der Waals surface area contributed by atoms with Gasteiger partial charge in [0, 0.05) is 24.9 Å². The maximum atomic E-state index is 13.8. The van der Waals surface area contributed by atoms with Crippen LogP contribution in [0.25, 0.3) is 0 Å². The van der Waals surface area contributed by atoms with E-state index in [-0.39, 0.29) is 36.3 Å². The summed E-state index contributed by atoms with van der Waals surface area (Å²) >= 11 is 0. The van der Waals surface area contributed by atoms with Crippen molar-refractivity contribution in [3.63, 3.8) is 0 Å². The van der Waals surface area contributed by atoms with Crippen LogP contribution in [0.4, 0.5) is 27.6 Å². The Morgan fingerprint density at radius 2 is 2.10 bits per heavy atom. The predicted molar refractivity (Wildman–Crippen MR) is 97.2 cm³/mol. The Labute approximate surface area is 173 Å². The minimum absolute atomic E-state index is 0.0218. The van der Waals surface area contributed by atoms with Gasteiger partial charge in [-0.25, -0.2) is 18.7 Å². The lowest BCUT2D eigenvalue weighted by atomic mass is 10.0. The number of alkyl halides is 3.